The van der Waals surface area contributed by atoms with Crippen LogP contribution in [0, 0.1) is 0 Å². The van der Waals surface area contributed by atoms with Crippen molar-refractivity contribution in [2.75, 3.05) is 26.3 Å². The fraction of sp³-hybridized carbons (Fsp3) is 0.909. The van der Waals surface area contributed by atoms with E-state index >= 15 is 0 Å². The summed E-state index contributed by atoms with van der Waals surface area (Å²) in [5, 5.41) is 0. The molecular weight excluding hydrogens is 270 g/mol. The molecule has 7 nitrogen and oxygen atoms in total. The maximum atomic E-state index is 12.6. The zero-order chi connectivity index (χ0) is 13.9. The third kappa shape index (κ3) is 3.04. The normalized spacial score (nSPS) is 30.8. The van der Waals surface area contributed by atoms with Crippen molar-refractivity contribution in [3.05, 3.63) is 0 Å². The largest absolute Gasteiger partial charge is 0.376 e. The minimum absolute atomic E-state index is 0.0116. The van der Waals surface area contributed by atoms with Gasteiger partial charge in [0.15, 0.2) is 6.17 Å². The fourth-order valence-electron chi connectivity index (χ4n) is 2.56. The lowest BCUT2D eigenvalue weighted by Crippen LogP contribution is -2.56. The summed E-state index contributed by atoms with van der Waals surface area (Å²) in [7, 11) is -3.59. The number of carbonyl (C=O) groups excluding carboxylic acids is 1. The number of hydrogen-bond donors (Lipinski definition) is 0. The summed E-state index contributed by atoms with van der Waals surface area (Å²) >= 11 is 0. The second-order valence-corrected chi connectivity index (χ2v) is 6.68. The lowest BCUT2D eigenvalue weighted by Gasteiger charge is -2.39. The summed E-state index contributed by atoms with van der Waals surface area (Å²) in [6.07, 6.45) is 3.42. The number of aliphatic imine (C=N–C) groups is 1. The van der Waals surface area contributed by atoms with Crippen LogP contribution in [-0.4, -0.2) is 61.6 Å². The van der Waals surface area contributed by atoms with E-state index in [4.69, 9.17) is 4.74 Å². The predicted molar refractivity (Wildman–Crippen MR) is 68.4 cm³/mol. The molecule has 0 aromatic carbocycles. The number of nitrogens with zero attached hydrogens (tertiary/aromatic N) is 3. The molecule has 2 saturated heterocycles. The van der Waals surface area contributed by atoms with E-state index in [2.05, 4.69) is 4.99 Å². The summed E-state index contributed by atoms with van der Waals surface area (Å²) in [5.41, 5.74) is 0. The molecule has 0 bridgehead atoms. The van der Waals surface area contributed by atoms with E-state index in [1.807, 2.05) is 6.92 Å². The molecule has 0 aromatic rings. The molecule has 19 heavy (non-hydrogen) atoms. The van der Waals surface area contributed by atoms with Crippen LogP contribution in [0.1, 0.15) is 26.2 Å². The van der Waals surface area contributed by atoms with Crippen LogP contribution in [0.3, 0.4) is 0 Å². The molecule has 0 spiro atoms. The first-order valence-corrected chi connectivity index (χ1v) is 7.90. The van der Waals surface area contributed by atoms with E-state index in [0.29, 0.717) is 13.2 Å². The smallest absolute Gasteiger partial charge is 0.284 e. The van der Waals surface area contributed by atoms with Crippen molar-refractivity contribution in [2.24, 2.45) is 4.99 Å². The Hall–Kier alpha value is -0.790. The molecule has 2 fully saturated rings. The molecule has 0 aromatic heterocycles. The lowest BCUT2D eigenvalue weighted by molar-refractivity contribution is 0.0316. The molecule has 8 heteroatoms. The highest BCUT2D eigenvalue weighted by Crippen LogP contribution is 2.24. The number of ether oxygens (including phenoxy) is 1. The van der Waals surface area contributed by atoms with Crippen molar-refractivity contribution in [1.82, 2.24) is 8.61 Å². The Bertz CT molecular complexity index is 461. The van der Waals surface area contributed by atoms with E-state index in [-0.39, 0.29) is 19.2 Å². The van der Waals surface area contributed by atoms with Crippen molar-refractivity contribution in [2.45, 2.75) is 38.4 Å². The van der Waals surface area contributed by atoms with E-state index in [0.717, 1.165) is 19.3 Å². The molecule has 2 atom stereocenters. The lowest BCUT2D eigenvalue weighted by atomic mass is 10.1. The van der Waals surface area contributed by atoms with E-state index < -0.39 is 16.4 Å². The third-order valence-corrected chi connectivity index (χ3v) is 5.75. The fourth-order valence-corrected chi connectivity index (χ4v) is 4.47. The minimum atomic E-state index is -3.59. The van der Waals surface area contributed by atoms with Crippen LogP contribution in [0.2, 0.25) is 0 Å². The van der Waals surface area contributed by atoms with Crippen LogP contribution in [0.25, 0.3) is 0 Å². The van der Waals surface area contributed by atoms with Crippen LogP contribution in [-0.2, 0) is 19.7 Å². The monoisotopic (exact) mass is 289 g/mol. The van der Waals surface area contributed by atoms with Gasteiger partial charge in [0.2, 0.25) is 6.08 Å². The molecule has 2 rings (SSSR count). The summed E-state index contributed by atoms with van der Waals surface area (Å²) in [5.74, 6) is 0. The Morgan fingerprint density at radius 1 is 1.26 bits per heavy atom. The number of piperidine rings is 1. The standard InChI is InChI=1S/C11H19N3O4S/c1-10-4-2-3-5-13(10)19(16,17)14-6-7-18-8-11(14)12-9-15/h10-11H,2-8H2,1H3. The highest BCUT2D eigenvalue weighted by molar-refractivity contribution is 7.86. The summed E-state index contributed by atoms with van der Waals surface area (Å²) in [4.78, 5) is 13.9. The van der Waals surface area contributed by atoms with E-state index in [1.165, 1.54) is 14.7 Å². The van der Waals surface area contributed by atoms with Crippen molar-refractivity contribution < 1.29 is 17.9 Å². The van der Waals surface area contributed by atoms with Gasteiger partial charge in [-0.15, -0.1) is 0 Å². The van der Waals surface area contributed by atoms with Gasteiger partial charge in [-0.1, -0.05) is 6.42 Å². The molecule has 2 aliphatic heterocycles. The Morgan fingerprint density at radius 2 is 2.05 bits per heavy atom. The Labute approximate surface area is 113 Å². The first kappa shape index (κ1) is 14.6. The number of hydrogen-bond acceptors (Lipinski definition) is 5. The number of morpholine rings is 1. The molecule has 0 radical (unpaired) electrons. The van der Waals surface area contributed by atoms with Gasteiger partial charge in [0.25, 0.3) is 10.2 Å². The quantitative estimate of drug-likeness (QED) is 0.545. The highest BCUT2D eigenvalue weighted by atomic mass is 32.2. The molecule has 2 aliphatic rings. The first-order valence-electron chi connectivity index (χ1n) is 6.50. The zero-order valence-electron chi connectivity index (χ0n) is 11.0. The topological polar surface area (TPSA) is 79.3 Å². The molecule has 0 amide bonds. The number of rotatable bonds is 3. The summed E-state index contributed by atoms with van der Waals surface area (Å²) in [6.45, 7) is 3.10. The van der Waals surface area contributed by atoms with Gasteiger partial charge in [0, 0.05) is 19.1 Å². The molecule has 2 heterocycles. The Morgan fingerprint density at radius 3 is 2.74 bits per heavy atom. The average molecular weight is 289 g/mol. The van der Waals surface area contributed by atoms with Gasteiger partial charge in [-0.05, 0) is 19.8 Å². The van der Waals surface area contributed by atoms with E-state index in [1.54, 1.807) is 0 Å². The second-order valence-electron chi connectivity index (χ2n) is 4.85. The van der Waals surface area contributed by atoms with Crippen molar-refractivity contribution >= 4 is 16.3 Å². The minimum Gasteiger partial charge on any atom is -0.376 e. The van der Waals surface area contributed by atoms with Gasteiger partial charge in [0.05, 0.1) is 13.2 Å². The maximum Gasteiger partial charge on any atom is 0.284 e. The van der Waals surface area contributed by atoms with Gasteiger partial charge >= 0.3 is 0 Å². The van der Waals surface area contributed by atoms with Gasteiger partial charge in [-0.2, -0.15) is 22.0 Å². The van der Waals surface area contributed by atoms with Crippen molar-refractivity contribution in [3.63, 3.8) is 0 Å². The van der Waals surface area contributed by atoms with Crippen LogP contribution in [0.15, 0.2) is 4.99 Å². The molecule has 108 valence electrons. The van der Waals surface area contributed by atoms with Crippen molar-refractivity contribution in [1.29, 1.82) is 0 Å². The van der Waals surface area contributed by atoms with Gasteiger partial charge < -0.3 is 4.74 Å². The van der Waals surface area contributed by atoms with Gasteiger partial charge in [0.1, 0.15) is 0 Å². The highest BCUT2D eigenvalue weighted by Gasteiger charge is 2.39. The van der Waals surface area contributed by atoms with Crippen LogP contribution in [0.5, 0.6) is 0 Å². The number of isocyanates is 1. The van der Waals surface area contributed by atoms with Gasteiger partial charge in [-0.3, -0.25) is 0 Å². The third-order valence-electron chi connectivity index (χ3n) is 3.59. The Kier molecular flexibility index (Phi) is 4.70. The second kappa shape index (κ2) is 6.11. The first-order chi connectivity index (χ1) is 9.07. The average Bonchev–Trinajstić information content (AvgIpc) is 2.40. The SMILES string of the molecule is CC1CCCCN1S(=O)(=O)N1CCOCC1N=C=O. The molecular formula is C11H19N3O4S. The van der Waals surface area contributed by atoms with Crippen LogP contribution in [0.4, 0.5) is 0 Å². The molecule has 0 saturated carbocycles. The zero-order valence-corrected chi connectivity index (χ0v) is 11.8. The Balaban J connectivity index is 2.23. The molecule has 2 unspecified atom stereocenters. The van der Waals surface area contributed by atoms with Crippen molar-refractivity contribution in [3.8, 4) is 0 Å². The summed E-state index contributed by atoms with van der Waals surface area (Å²) < 4.78 is 33.2. The predicted octanol–water partition coefficient (Wildman–Crippen LogP) is 0.0997. The molecule has 0 N–H and O–H groups in total. The maximum absolute atomic E-state index is 12.6. The van der Waals surface area contributed by atoms with Crippen LogP contribution < -0.4 is 0 Å². The van der Waals surface area contributed by atoms with E-state index in [9.17, 15) is 13.2 Å². The van der Waals surface area contributed by atoms with Gasteiger partial charge in [-0.25, -0.2) is 4.79 Å². The van der Waals surface area contributed by atoms with Crippen LogP contribution >= 0.6 is 0 Å². The molecule has 0 aliphatic carbocycles. The summed E-state index contributed by atoms with van der Waals surface area (Å²) in [6, 6.07) is -0.0116.